The largest absolute Gasteiger partial charge is 0.467 e. The number of hydrogen-bond acceptors (Lipinski definition) is 3. The molecule has 1 unspecified atom stereocenters. The van der Waals surface area contributed by atoms with Crippen LogP contribution >= 0.6 is 0 Å². The summed E-state index contributed by atoms with van der Waals surface area (Å²) in [7, 11) is 1.74. The Morgan fingerprint density at radius 3 is 2.81 bits per heavy atom. The average molecular weight is 224 g/mol. The van der Waals surface area contributed by atoms with Gasteiger partial charge in [-0.3, -0.25) is 4.79 Å². The molecule has 1 aromatic rings. The number of carbonyl (C=O) groups is 1. The zero-order valence-corrected chi connectivity index (χ0v) is 10.1. The van der Waals surface area contributed by atoms with E-state index in [4.69, 9.17) is 10.2 Å². The average Bonchev–Trinajstić information content (AvgIpc) is 2.78. The van der Waals surface area contributed by atoms with Crippen molar-refractivity contribution in [1.29, 1.82) is 0 Å². The van der Waals surface area contributed by atoms with Gasteiger partial charge in [0, 0.05) is 7.05 Å². The SMILES string of the molecule is CCC(C)[C@H](N)C(=O)N(C)Cc1ccco1. The van der Waals surface area contributed by atoms with E-state index in [9.17, 15) is 4.79 Å². The van der Waals surface area contributed by atoms with Gasteiger partial charge < -0.3 is 15.1 Å². The first kappa shape index (κ1) is 12.8. The smallest absolute Gasteiger partial charge is 0.239 e. The van der Waals surface area contributed by atoms with Crippen LogP contribution in [0.1, 0.15) is 26.0 Å². The minimum Gasteiger partial charge on any atom is -0.467 e. The summed E-state index contributed by atoms with van der Waals surface area (Å²) in [5, 5.41) is 0. The molecule has 0 radical (unpaired) electrons. The molecule has 1 aromatic heterocycles. The predicted octanol–water partition coefficient (Wildman–Crippen LogP) is 1.61. The molecule has 4 nitrogen and oxygen atoms in total. The van der Waals surface area contributed by atoms with E-state index in [1.165, 1.54) is 0 Å². The molecule has 0 bridgehead atoms. The maximum absolute atomic E-state index is 11.9. The minimum absolute atomic E-state index is 0.0363. The molecule has 2 atom stereocenters. The Hall–Kier alpha value is -1.29. The van der Waals surface area contributed by atoms with Crippen LogP contribution in [0.25, 0.3) is 0 Å². The summed E-state index contributed by atoms with van der Waals surface area (Å²) in [6, 6.07) is 3.23. The topological polar surface area (TPSA) is 59.5 Å². The maximum Gasteiger partial charge on any atom is 0.239 e. The monoisotopic (exact) mass is 224 g/mol. The van der Waals surface area contributed by atoms with Crippen LogP contribution in [-0.2, 0) is 11.3 Å². The Kier molecular flexibility index (Phi) is 4.55. The fourth-order valence-electron chi connectivity index (χ4n) is 1.47. The first-order valence-electron chi connectivity index (χ1n) is 5.59. The fourth-order valence-corrected chi connectivity index (χ4v) is 1.47. The number of hydrogen-bond donors (Lipinski definition) is 1. The molecule has 0 fully saturated rings. The number of likely N-dealkylation sites (N-methyl/N-ethyl adjacent to an activating group) is 1. The number of amides is 1. The lowest BCUT2D eigenvalue weighted by molar-refractivity contribution is -0.133. The molecule has 1 amide bonds. The second-order valence-electron chi connectivity index (χ2n) is 4.18. The van der Waals surface area contributed by atoms with Crippen LogP contribution < -0.4 is 5.73 Å². The number of carbonyl (C=O) groups excluding carboxylic acids is 1. The summed E-state index contributed by atoms with van der Waals surface area (Å²) < 4.78 is 5.19. The summed E-state index contributed by atoms with van der Waals surface area (Å²) in [5.74, 6) is 0.935. The zero-order chi connectivity index (χ0) is 12.1. The van der Waals surface area contributed by atoms with Crippen LogP contribution in [0.3, 0.4) is 0 Å². The quantitative estimate of drug-likeness (QED) is 0.826. The molecule has 0 aliphatic heterocycles. The van der Waals surface area contributed by atoms with Crippen LogP contribution in [-0.4, -0.2) is 23.9 Å². The molecule has 0 aromatic carbocycles. The minimum atomic E-state index is -0.426. The summed E-state index contributed by atoms with van der Waals surface area (Å²) in [5.41, 5.74) is 5.88. The van der Waals surface area contributed by atoms with E-state index in [1.54, 1.807) is 18.2 Å². The third kappa shape index (κ3) is 3.10. The highest BCUT2D eigenvalue weighted by atomic mass is 16.3. The third-order valence-corrected chi connectivity index (χ3v) is 2.89. The van der Waals surface area contributed by atoms with E-state index >= 15 is 0 Å². The van der Waals surface area contributed by atoms with Crippen LogP contribution in [0.5, 0.6) is 0 Å². The highest BCUT2D eigenvalue weighted by molar-refractivity contribution is 5.81. The lowest BCUT2D eigenvalue weighted by Crippen LogP contribution is -2.45. The molecular weight excluding hydrogens is 204 g/mol. The summed E-state index contributed by atoms with van der Waals surface area (Å²) in [4.78, 5) is 13.5. The van der Waals surface area contributed by atoms with Gasteiger partial charge >= 0.3 is 0 Å². The van der Waals surface area contributed by atoms with Gasteiger partial charge in [-0.15, -0.1) is 0 Å². The van der Waals surface area contributed by atoms with Crippen LogP contribution in [0, 0.1) is 5.92 Å². The summed E-state index contributed by atoms with van der Waals surface area (Å²) in [6.07, 6.45) is 2.50. The van der Waals surface area contributed by atoms with E-state index < -0.39 is 6.04 Å². The van der Waals surface area contributed by atoms with Crippen molar-refractivity contribution < 1.29 is 9.21 Å². The van der Waals surface area contributed by atoms with E-state index in [2.05, 4.69) is 0 Å². The number of nitrogens with two attached hydrogens (primary N) is 1. The molecule has 16 heavy (non-hydrogen) atoms. The molecule has 0 spiro atoms. The van der Waals surface area contributed by atoms with Crippen molar-refractivity contribution in [3.05, 3.63) is 24.2 Å². The Bertz CT molecular complexity index is 322. The number of furan rings is 1. The second kappa shape index (κ2) is 5.70. The Morgan fingerprint density at radius 1 is 1.62 bits per heavy atom. The standard InChI is InChI=1S/C12H20N2O2/c1-4-9(2)11(13)12(15)14(3)8-10-6-5-7-16-10/h5-7,9,11H,4,8,13H2,1-3H3/t9?,11-/m0/s1. The van der Waals surface area contributed by atoms with Crippen molar-refractivity contribution in [2.24, 2.45) is 11.7 Å². The Labute approximate surface area is 96.4 Å². The second-order valence-corrected chi connectivity index (χ2v) is 4.18. The summed E-state index contributed by atoms with van der Waals surface area (Å²) in [6.45, 7) is 4.49. The number of nitrogens with zero attached hydrogens (tertiary/aromatic N) is 1. The highest BCUT2D eigenvalue weighted by Gasteiger charge is 2.23. The van der Waals surface area contributed by atoms with Gasteiger partial charge in [-0.1, -0.05) is 20.3 Å². The molecule has 2 N–H and O–H groups in total. The van der Waals surface area contributed by atoms with Gasteiger partial charge in [0.2, 0.25) is 5.91 Å². The third-order valence-electron chi connectivity index (χ3n) is 2.89. The van der Waals surface area contributed by atoms with E-state index in [1.807, 2.05) is 26.0 Å². The van der Waals surface area contributed by atoms with Crippen molar-refractivity contribution in [2.75, 3.05) is 7.05 Å². The van der Waals surface area contributed by atoms with E-state index in [-0.39, 0.29) is 11.8 Å². The van der Waals surface area contributed by atoms with Gasteiger partial charge in [0.1, 0.15) is 5.76 Å². The molecule has 90 valence electrons. The molecular formula is C12H20N2O2. The Morgan fingerprint density at radius 2 is 2.31 bits per heavy atom. The molecule has 0 aliphatic carbocycles. The van der Waals surface area contributed by atoms with Crippen molar-refractivity contribution >= 4 is 5.91 Å². The zero-order valence-electron chi connectivity index (χ0n) is 10.1. The molecule has 1 rings (SSSR count). The van der Waals surface area contributed by atoms with Gasteiger partial charge in [0.15, 0.2) is 0 Å². The van der Waals surface area contributed by atoms with Crippen molar-refractivity contribution in [3.8, 4) is 0 Å². The molecule has 4 heteroatoms. The summed E-state index contributed by atoms with van der Waals surface area (Å²) >= 11 is 0. The predicted molar refractivity (Wildman–Crippen MR) is 62.6 cm³/mol. The first-order chi connectivity index (χ1) is 7.56. The molecule has 1 heterocycles. The maximum atomic E-state index is 11.9. The number of rotatable bonds is 5. The van der Waals surface area contributed by atoms with Crippen LogP contribution in [0.15, 0.2) is 22.8 Å². The highest BCUT2D eigenvalue weighted by Crippen LogP contribution is 2.10. The van der Waals surface area contributed by atoms with Gasteiger partial charge in [0.05, 0.1) is 18.8 Å². The van der Waals surface area contributed by atoms with Crippen molar-refractivity contribution in [1.82, 2.24) is 4.90 Å². The van der Waals surface area contributed by atoms with E-state index in [0.29, 0.717) is 6.54 Å². The van der Waals surface area contributed by atoms with Gasteiger partial charge in [-0.25, -0.2) is 0 Å². The molecule has 0 aliphatic rings. The Balaban J connectivity index is 2.53. The van der Waals surface area contributed by atoms with Gasteiger partial charge in [-0.05, 0) is 18.1 Å². The fraction of sp³-hybridized carbons (Fsp3) is 0.583. The normalized spacial score (nSPS) is 14.5. The first-order valence-corrected chi connectivity index (χ1v) is 5.59. The van der Waals surface area contributed by atoms with Crippen molar-refractivity contribution in [2.45, 2.75) is 32.9 Å². The van der Waals surface area contributed by atoms with Gasteiger partial charge in [-0.2, -0.15) is 0 Å². The van der Waals surface area contributed by atoms with Crippen LogP contribution in [0.2, 0.25) is 0 Å². The van der Waals surface area contributed by atoms with Crippen LogP contribution in [0.4, 0.5) is 0 Å². The van der Waals surface area contributed by atoms with Gasteiger partial charge in [0.25, 0.3) is 0 Å². The lowest BCUT2D eigenvalue weighted by Gasteiger charge is -2.23. The van der Waals surface area contributed by atoms with Crippen molar-refractivity contribution in [3.63, 3.8) is 0 Å². The molecule has 0 saturated carbocycles. The van der Waals surface area contributed by atoms with E-state index in [0.717, 1.165) is 12.2 Å². The lowest BCUT2D eigenvalue weighted by atomic mass is 9.99. The molecule has 0 saturated heterocycles.